The van der Waals surface area contributed by atoms with E-state index < -0.39 is 5.91 Å². The number of hydrogen-bond donors (Lipinski definition) is 4. The van der Waals surface area contributed by atoms with Crippen molar-refractivity contribution in [1.29, 1.82) is 0 Å². The molecule has 0 atom stereocenters. The van der Waals surface area contributed by atoms with Gasteiger partial charge in [-0.05, 0) is 71.8 Å². The lowest BCUT2D eigenvalue weighted by molar-refractivity contribution is -0.104. The Kier molecular flexibility index (Phi) is 7.77. The molecule has 1 aliphatic heterocycles. The van der Waals surface area contributed by atoms with Gasteiger partial charge in [0.25, 0.3) is 11.8 Å². The number of aromatic nitrogens is 1. The van der Waals surface area contributed by atoms with Crippen LogP contribution in [0.2, 0.25) is 0 Å². The van der Waals surface area contributed by atoms with E-state index in [-0.39, 0.29) is 5.91 Å². The number of aromatic amines is 1. The Morgan fingerprint density at radius 3 is 2.38 bits per heavy atom. The predicted octanol–water partition coefficient (Wildman–Crippen LogP) is 3.57. The summed E-state index contributed by atoms with van der Waals surface area (Å²) in [7, 11) is 2.06. The van der Waals surface area contributed by atoms with Gasteiger partial charge in [-0.15, -0.1) is 0 Å². The number of likely N-dealkylation sites (N-methyl/N-ethyl adjacent to an activating group) is 1. The molecule has 9 nitrogen and oxygen atoms in total. The summed E-state index contributed by atoms with van der Waals surface area (Å²) in [5.41, 5.74) is 18.7. The van der Waals surface area contributed by atoms with Crippen molar-refractivity contribution in [1.82, 2.24) is 14.8 Å². The molecule has 0 radical (unpaired) electrons. The third-order valence-corrected chi connectivity index (χ3v) is 7.33. The largest absolute Gasteiger partial charge is 0.366 e. The van der Waals surface area contributed by atoms with Crippen LogP contribution in [0.15, 0.2) is 72.9 Å². The zero-order valence-corrected chi connectivity index (χ0v) is 22.3. The molecule has 204 valence electrons. The van der Waals surface area contributed by atoms with Gasteiger partial charge in [-0.1, -0.05) is 24.3 Å². The van der Waals surface area contributed by atoms with E-state index in [9.17, 15) is 14.4 Å². The normalized spacial score (nSPS) is 14.1. The van der Waals surface area contributed by atoms with Gasteiger partial charge in [-0.2, -0.15) is 0 Å². The van der Waals surface area contributed by atoms with Crippen molar-refractivity contribution in [3.05, 3.63) is 89.6 Å². The fourth-order valence-electron chi connectivity index (χ4n) is 5.10. The predicted molar refractivity (Wildman–Crippen MR) is 158 cm³/mol. The molecule has 0 unspecified atom stereocenters. The smallest absolute Gasteiger partial charge is 0.253 e. The molecule has 0 bridgehead atoms. The molecule has 0 saturated carbocycles. The van der Waals surface area contributed by atoms with E-state index >= 15 is 0 Å². The number of piperazine rings is 1. The van der Waals surface area contributed by atoms with E-state index in [4.69, 9.17) is 11.5 Å². The highest BCUT2D eigenvalue weighted by Crippen LogP contribution is 2.36. The van der Waals surface area contributed by atoms with E-state index in [1.807, 2.05) is 59.5 Å². The Morgan fingerprint density at radius 1 is 0.975 bits per heavy atom. The average Bonchev–Trinajstić information content (AvgIpc) is 3.42. The summed E-state index contributed by atoms with van der Waals surface area (Å²) < 4.78 is 0. The minimum Gasteiger partial charge on any atom is -0.366 e. The van der Waals surface area contributed by atoms with Crippen LogP contribution < -0.4 is 16.8 Å². The summed E-state index contributed by atoms with van der Waals surface area (Å²) in [4.78, 5) is 43.3. The van der Waals surface area contributed by atoms with E-state index in [2.05, 4.69) is 22.2 Å². The number of anilines is 1. The molecule has 2 amide bonds. The lowest BCUT2D eigenvalue weighted by Crippen LogP contribution is -2.47. The van der Waals surface area contributed by atoms with Crippen LogP contribution in [-0.4, -0.2) is 66.1 Å². The molecule has 5 rings (SSSR count). The number of fused-ring (bicyclic) bond motifs is 1. The third-order valence-electron chi connectivity index (χ3n) is 7.33. The van der Waals surface area contributed by atoms with Crippen LogP contribution in [0.1, 0.15) is 26.3 Å². The van der Waals surface area contributed by atoms with Crippen LogP contribution in [0.3, 0.4) is 0 Å². The Hall–Kier alpha value is -4.73. The number of carbonyl (C=O) groups is 3. The van der Waals surface area contributed by atoms with E-state index in [0.29, 0.717) is 29.5 Å². The maximum atomic E-state index is 13.0. The van der Waals surface area contributed by atoms with Gasteiger partial charge in [-0.25, -0.2) is 0 Å². The molecule has 0 aliphatic carbocycles. The fourth-order valence-corrected chi connectivity index (χ4v) is 5.10. The first-order valence-electron chi connectivity index (χ1n) is 13.1. The van der Waals surface area contributed by atoms with Gasteiger partial charge < -0.3 is 31.6 Å². The maximum absolute atomic E-state index is 13.0. The molecule has 2 heterocycles. The molecular weight excluding hydrogens is 504 g/mol. The standard InChI is InChI=1S/C31H32N6O3/c1-36-12-14-37(15-13-36)31(40)21-5-3-20(4-6-21)28-18-27-25(9-10-26(30(33)39)29(27)35-28)24-8-7-23(17-22(24)19-32)34-11-2-16-38/h2-11,16-18,34-35H,12-15,19,32H2,1H3,(H2,33,39). The van der Waals surface area contributed by atoms with E-state index in [1.165, 1.54) is 6.08 Å². The fraction of sp³-hybridized carbons (Fsp3) is 0.194. The minimum atomic E-state index is -0.529. The molecular formula is C31H32N6O3. The zero-order chi connectivity index (χ0) is 28.2. The van der Waals surface area contributed by atoms with Crippen LogP contribution in [0, 0.1) is 0 Å². The van der Waals surface area contributed by atoms with Gasteiger partial charge in [0, 0.05) is 61.3 Å². The average molecular weight is 537 g/mol. The number of benzene rings is 3. The highest BCUT2D eigenvalue weighted by Gasteiger charge is 2.21. The first-order chi connectivity index (χ1) is 19.4. The van der Waals surface area contributed by atoms with Crippen LogP contribution in [0.25, 0.3) is 33.3 Å². The molecule has 1 saturated heterocycles. The number of hydrogen-bond acceptors (Lipinski definition) is 6. The van der Waals surface area contributed by atoms with Crippen LogP contribution in [-0.2, 0) is 11.3 Å². The molecule has 1 aromatic heterocycles. The second-order valence-corrected chi connectivity index (χ2v) is 9.89. The van der Waals surface area contributed by atoms with Crippen LogP contribution in [0.4, 0.5) is 5.69 Å². The molecule has 4 aromatic rings. The quantitative estimate of drug-likeness (QED) is 0.201. The summed E-state index contributed by atoms with van der Waals surface area (Å²) >= 11 is 0. The summed E-state index contributed by atoms with van der Waals surface area (Å²) in [5.74, 6) is -0.498. The van der Waals surface area contributed by atoms with Gasteiger partial charge in [-0.3, -0.25) is 14.4 Å². The van der Waals surface area contributed by atoms with Crippen molar-refractivity contribution in [2.75, 3.05) is 38.5 Å². The number of H-pyrrole nitrogens is 1. The third kappa shape index (κ3) is 5.38. The molecule has 9 heteroatoms. The number of amides is 2. The first kappa shape index (κ1) is 26.9. The topological polar surface area (TPSA) is 138 Å². The summed E-state index contributed by atoms with van der Waals surface area (Å²) in [6, 6.07) is 18.9. The highest BCUT2D eigenvalue weighted by atomic mass is 16.2. The van der Waals surface area contributed by atoms with Crippen LogP contribution >= 0.6 is 0 Å². The number of aldehydes is 1. The molecule has 0 spiro atoms. The highest BCUT2D eigenvalue weighted by molar-refractivity contribution is 6.10. The maximum Gasteiger partial charge on any atom is 0.253 e. The molecule has 40 heavy (non-hydrogen) atoms. The lowest BCUT2D eigenvalue weighted by atomic mass is 9.94. The van der Waals surface area contributed by atoms with Gasteiger partial charge in [0.1, 0.15) is 6.29 Å². The number of rotatable bonds is 8. The number of nitrogens with zero attached hydrogens (tertiary/aromatic N) is 2. The van der Waals surface area contributed by atoms with Crippen LogP contribution in [0.5, 0.6) is 0 Å². The van der Waals surface area contributed by atoms with Crippen molar-refractivity contribution in [3.8, 4) is 22.4 Å². The number of primary amides is 1. The molecule has 1 fully saturated rings. The molecule has 1 aliphatic rings. The van der Waals surface area contributed by atoms with Crippen molar-refractivity contribution < 1.29 is 14.4 Å². The number of allylic oxidation sites excluding steroid dienone is 1. The summed E-state index contributed by atoms with van der Waals surface area (Å²) in [6.07, 6.45) is 3.63. The summed E-state index contributed by atoms with van der Waals surface area (Å²) in [6.45, 7) is 3.46. The summed E-state index contributed by atoms with van der Waals surface area (Å²) in [5, 5.41) is 3.89. The second-order valence-electron chi connectivity index (χ2n) is 9.89. The van der Waals surface area contributed by atoms with E-state index in [1.54, 1.807) is 12.3 Å². The SMILES string of the molecule is CN1CCN(C(=O)c2ccc(-c3cc4c(-c5ccc(NC=CC=O)cc5CN)ccc(C(N)=O)c4[nH]3)cc2)CC1. The van der Waals surface area contributed by atoms with Gasteiger partial charge in [0.05, 0.1) is 11.1 Å². The van der Waals surface area contributed by atoms with Gasteiger partial charge in [0.2, 0.25) is 0 Å². The van der Waals surface area contributed by atoms with Crippen molar-refractivity contribution in [3.63, 3.8) is 0 Å². The first-order valence-corrected chi connectivity index (χ1v) is 13.1. The second kappa shape index (κ2) is 11.6. The Morgan fingerprint density at radius 2 is 1.70 bits per heavy atom. The van der Waals surface area contributed by atoms with Crippen molar-refractivity contribution in [2.24, 2.45) is 11.5 Å². The number of nitrogens with two attached hydrogens (primary N) is 2. The van der Waals surface area contributed by atoms with Crippen molar-refractivity contribution in [2.45, 2.75) is 6.54 Å². The lowest BCUT2D eigenvalue weighted by Gasteiger charge is -2.32. The monoisotopic (exact) mass is 536 g/mol. The zero-order valence-electron chi connectivity index (χ0n) is 22.3. The molecule has 6 N–H and O–H groups in total. The van der Waals surface area contributed by atoms with Gasteiger partial charge in [0.15, 0.2) is 0 Å². The Bertz CT molecular complexity index is 1600. The molecule has 3 aromatic carbocycles. The van der Waals surface area contributed by atoms with Gasteiger partial charge >= 0.3 is 0 Å². The number of nitrogens with one attached hydrogen (secondary N) is 2. The number of carbonyl (C=O) groups excluding carboxylic acids is 3. The Labute approximate surface area is 232 Å². The minimum absolute atomic E-state index is 0.0310. The Balaban J connectivity index is 1.51. The van der Waals surface area contributed by atoms with E-state index in [0.717, 1.165) is 65.2 Å². The van der Waals surface area contributed by atoms with Crippen molar-refractivity contribution >= 4 is 34.7 Å².